The fourth-order valence-electron chi connectivity index (χ4n) is 1.48. The highest BCUT2D eigenvalue weighted by atomic mass is 16.3. The number of nitrogens with two attached hydrogens (primary N) is 1. The van der Waals surface area contributed by atoms with Crippen LogP contribution in [0.5, 0.6) is 0 Å². The Morgan fingerprint density at radius 2 is 2.29 bits per heavy atom. The van der Waals surface area contributed by atoms with Gasteiger partial charge in [0.25, 0.3) is 5.91 Å². The fourth-order valence-corrected chi connectivity index (χ4v) is 1.48. The molecule has 4 nitrogen and oxygen atoms in total. The molecule has 14 heavy (non-hydrogen) atoms. The number of hydrogen-bond acceptors (Lipinski definition) is 3. The summed E-state index contributed by atoms with van der Waals surface area (Å²) in [5.74, 6) is 1.33. The van der Waals surface area contributed by atoms with Crippen molar-refractivity contribution in [2.24, 2.45) is 5.73 Å². The van der Waals surface area contributed by atoms with Crippen LogP contribution in [0.4, 0.5) is 0 Å². The molecule has 2 atom stereocenters. The average Bonchev–Trinajstić information content (AvgIpc) is 2.64. The Bertz CT molecular complexity index is 370. The first-order valence-electron chi connectivity index (χ1n) is 4.71. The summed E-state index contributed by atoms with van der Waals surface area (Å²) < 4.78 is 5.27. The maximum absolute atomic E-state index is 11.6. The molecule has 3 N–H and O–H groups in total. The second kappa shape index (κ2) is 3.13. The summed E-state index contributed by atoms with van der Waals surface area (Å²) in [6, 6.07) is 2.03. The van der Waals surface area contributed by atoms with E-state index in [1.807, 2.05) is 6.92 Å². The van der Waals surface area contributed by atoms with E-state index >= 15 is 0 Å². The zero-order valence-electron chi connectivity index (χ0n) is 8.33. The Morgan fingerprint density at radius 3 is 2.71 bits per heavy atom. The van der Waals surface area contributed by atoms with Gasteiger partial charge in [-0.15, -0.1) is 0 Å². The van der Waals surface area contributed by atoms with Crippen LogP contribution in [-0.2, 0) is 0 Å². The molecule has 0 aromatic carbocycles. The quantitative estimate of drug-likeness (QED) is 0.729. The van der Waals surface area contributed by atoms with Crippen LogP contribution < -0.4 is 11.1 Å². The summed E-state index contributed by atoms with van der Waals surface area (Å²) in [6.45, 7) is 3.61. The van der Waals surface area contributed by atoms with Crippen molar-refractivity contribution in [1.82, 2.24) is 5.32 Å². The van der Waals surface area contributed by atoms with E-state index in [1.54, 1.807) is 13.0 Å². The minimum Gasteiger partial charge on any atom is -0.466 e. The van der Waals surface area contributed by atoms with Crippen molar-refractivity contribution in [1.29, 1.82) is 0 Å². The number of rotatable bonds is 2. The second-order valence-corrected chi connectivity index (χ2v) is 3.81. The molecule has 1 heterocycles. The van der Waals surface area contributed by atoms with Gasteiger partial charge in [0.05, 0.1) is 5.56 Å². The lowest BCUT2D eigenvalue weighted by Gasteiger charge is -2.01. The summed E-state index contributed by atoms with van der Waals surface area (Å²) >= 11 is 0. The third-order valence-electron chi connectivity index (χ3n) is 2.44. The SMILES string of the molecule is Cc1cc(C(=O)NC2CC2N)c(C)o1. The first-order valence-corrected chi connectivity index (χ1v) is 4.71. The second-order valence-electron chi connectivity index (χ2n) is 3.81. The molecular weight excluding hydrogens is 180 g/mol. The Morgan fingerprint density at radius 1 is 1.64 bits per heavy atom. The lowest BCUT2D eigenvalue weighted by Crippen LogP contribution is -2.29. The van der Waals surface area contributed by atoms with Crippen molar-refractivity contribution in [3.8, 4) is 0 Å². The van der Waals surface area contributed by atoms with E-state index in [0.29, 0.717) is 11.3 Å². The lowest BCUT2D eigenvalue weighted by molar-refractivity contribution is 0.0949. The van der Waals surface area contributed by atoms with Crippen molar-refractivity contribution in [2.45, 2.75) is 32.4 Å². The van der Waals surface area contributed by atoms with Crippen LogP contribution in [0.15, 0.2) is 10.5 Å². The smallest absolute Gasteiger partial charge is 0.255 e. The maximum Gasteiger partial charge on any atom is 0.255 e. The molecule has 1 amide bonds. The van der Waals surface area contributed by atoms with Crippen molar-refractivity contribution in [3.05, 3.63) is 23.2 Å². The van der Waals surface area contributed by atoms with Crippen molar-refractivity contribution < 1.29 is 9.21 Å². The minimum atomic E-state index is -0.0858. The molecule has 1 saturated carbocycles. The normalized spacial score (nSPS) is 24.8. The predicted molar refractivity (Wildman–Crippen MR) is 52.0 cm³/mol. The van der Waals surface area contributed by atoms with Gasteiger partial charge >= 0.3 is 0 Å². The van der Waals surface area contributed by atoms with E-state index < -0.39 is 0 Å². The number of carbonyl (C=O) groups excluding carboxylic acids is 1. The Kier molecular flexibility index (Phi) is 2.07. The van der Waals surface area contributed by atoms with Crippen molar-refractivity contribution >= 4 is 5.91 Å². The molecule has 0 aliphatic heterocycles. The van der Waals surface area contributed by atoms with Crippen LogP contribution >= 0.6 is 0 Å². The molecule has 0 bridgehead atoms. The van der Waals surface area contributed by atoms with Gasteiger partial charge in [-0.3, -0.25) is 4.79 Å². The molecule has 76 valence electrons. The first-order chi connectivity index (χ1) is 6.58. The van der Waals surface area contributed by atoms with Gasteiger partial charge in [-0.05, 0) is 26.3 Å². The van der Waals surface area contributed by atoms with E-state index in [-0.39, 0.29) is 18.0 Å². The van der Waals surface area contributed by atoms with Gasteiger partial charge in [0.15, 0.2) is 0 Å². The summed E-state index contributed by atoms with van der Waals surface area (Å²) in [7, 11) is 0. The van der Waals surface area contributed by atoms with Crippen LogP contribution in [0.2, 0.25) is 0 Å². The summed E-state index contributed by atoms with van der Waals surface area (Å²) in [5.41, 5.74) is 6.21. The molecule has 1 aliphatic carbocycles. The molecule has 0 saturated heterocycles. The van der Waals surface area contributed by atoms with E-state index in [0.717, 1.165) is 12.2 Å². The highest BCUT2D eigenvalue weighted by molar-refractivity contribution is 5.95. The molecule has 2 rings (SSSR count). The minimum absolute atomic E-state index is 0.0858. The number of nitrogens with one attached hydrogen (secondary N) is 1. The van der Waals surface area contributed by atoms with E-state index in [2.05, 4.69) is 5.32 Å². The predicted octanol–water partition coefficient (Wildman–Crippen LogP) is 0.726. The molecular formula is C10H14N2O2. The molecule has 1 aliphatic rings. The molecule has 1 fully saturated rings. The number of aryl methyl sites for hydroxylation is 2. The molecule has 0 radical (unpaired) electrons. The number of carbonyl (C=O) groups is 1. The van der Waals surface area contributed by atoms with Crippen LogP contribution in [0.25, 0.3) is 0 Å². The summed E-state index contributed by atoms with van der Waals surface area (Å²) in [5, 5.41) is 2.85. The molecule has 2 unspecified atom stereocenters. The first kappa shape index (κ1) is 9.27. The number of furan rings is 1. The van der Waals surface area contributed by atoms with E-state index in [4.69, 9.17) is 10.2 Å². The van der Waals surface area contributed by atoms with Gasteiger partial charge in [0.1, 0.15) is 11.5 Å². The monoisotopic (exact) mass is 194 g/mol. The molecule has 4 heteroatoms. The molecule has 1 aromatic rings. The van der Waals surface area contributed by atoms with Gasteiger partial charge in [-0.25, -0.2) is 0 Å². The van der Waals surface area contributed by atoms with E-state index in [9.17, 15) is 4.79 Å². The highest BCUT2D eigenvalue weighted by Crippen LogP contribution is 2.20. The maximum atomic E-state index is 11.6. The van der Waals surface area contributed by atoms with Crippen LogP contribution in [-0.4, -0.2) is 18.0 Å². The summed E-state index contributed by atoms with van der Waals surface area (Å²) in [4.78, 5) is 11.6. The molecule has 1 aromatic heterocycles. The van der Waals surface area contributed by atoms with Crippen LogP contribution in [0, 0.1) is 13.8 Å². The van der Waals surface area contributed by atoms with Gasteiger partial charge in [0.2, 0.25) is 0 Å². The Labute approximate surface area is 82.5 Å². The number of hydrogen-bond donors (Lipinski definition) is 2. The van der Waals surface area contributed by atoms with Gasteiger partial charge in [-0.1, -0.05) is 0 Å². The lowest BCUT2D eigenvalue weighted by atomic mass is 10.2. The molecule has 0 spiro atoms. The van der Waals surface area contributed by atoms with E-state index in [1.165, 1.54) is 0 Å². The Hall–Kier alpha value is -1.29. The Balaban J connectivity index is 2.07. The van der Waals surface area contributed by atoms with Crippen LogP contribution in [0.1, 0.15) is 28.3 Å². The average molecular weight is 194 g/mol. The standard InChI is InChI=1S/C10H14N2O2/c1-5-3-7(6(2)14-5)10(13)12-9-4-8(9)11/h3,8-9H,4,11H2,1-2H3,(H,12,13). The largest absolute Gasteiger partial charge is 0.466 e. The van der Waals surface area contributed by atoms with Gasteiger partial charge in [0, 0.05) is 12.1 Å². The van der Waals surface area contributed by atoms with Gasteiger partial charge in [-0.2, -0.15) is 0 Å². The zero-order chi connectivity index (χ0) is 10.3. The summed E-state index contributed by atoms with van der Waals surface area (Å²) in [6.07, 6.45) is 0.877. The third kappa shape index (κ3) is 1.65. The number of amides is 1. The van der Waals surface area contributed by atoms with Gasteiger partial charge < -0.3 is 15.5 Å². The topological polar surface area (TPSA) is 68.3 Å². The zero-order valence-corrected chi connectivity index (χ0v) is 8.33. The third-order valence-corrected chi connectivity index (χ3v) is 2.44. The van der Waals surface area contributed by atoms with Crippen molar-refractivity contribution in [2.75, 3.05) is 0 Å². The van der Waals surface area contributed by atoms with Crippen molar-refractivity contribution in [3.63, 3.8) is 0 Å². The fraction of sp³-hybridized carbons (Fsp3) is 0.500. The van der Waals surface area contributed by atoms with Crippen LogP contribution in [0.3, 0.4) is 0 Å². The highest BCUT2D eigenvalue weighted by Gasteiger charge is 2.35.